The van der Waals surface area contributed by atoms with Crippen molar-refractivity contribution in [2.24, 2.45) is 5.73 Å². The molecule has 1 aromatic carbocycles. The van der Waals surface area contributed by atoms with Gasteiger partial charge in [0.05, 0.1) is 0 Å². The van der Waals surface area contributed by atoms with Gasteiger partial charge in [-0.1, -0.05) is 17.7 Å². The van der Waals surface area contributed by atoms with Crippen molar-refractivity contribution in [1.29, 1.82) is 0 Å². The second kappa shape index (κ2) is 4.70. The maximum Gasteiger partial charge on any atom is 0.254 e. The van der Waals surface area contributed by atoms with E-state index in [0.29, 0.717) is 5.82 Å². The second-order valence-corrected chi connectivity index (χ2v) is 3.85. The van der Waals surface area contributed by atoms with Crippen LogP contribution < -0.4 is 16.8 Å². The SMILES string of the molecule is Cc1ccc(Nc2nc(N)ncc2C(N)=O)cc1. The summed E-state index contributed by atoms with van der Waals surface area (Å²) < 4.78 is 0. The van der Waals surface area contributed by atoms with E-state index in [4.69, 9.17) is 11.5 Å². The molecule has 0 unspecified atom stereocenters. The van der Waals surface area contributed by atoms with Crippen molar-refractivity contribution < 1.29 is 4.79 Å². The molecule has 0 aliphatic carbocycles. The first-order valence-corrected chi connectivity index (χ1v) is 5.32. The average Bonchev–Trinajstić information content (AvgIpc) is 2.32. The lowest BCUT2D eigenvalue weighted by Crippen LogP contribution is -2.15. The molecule has 0 bridgehead atoms. The maximum absolute atomic E-state index is 11.2. The van der Waals surface area contributed by atoms with Crippen LogP contribution in [0.5, 0.6) is 0 Å². The molecule has 92 valence electrons. The summed E-state index contributed by atoms with van der Waals surface area (Å²) in [5, 5.41) is 2.99. The minimum Gasteiger partial charge on any atom is -0.368 e. The molecule has 0 aliphatic rings. The highest BCUT2D eigenvalue weighted by Gasteiger charge is 2.11. The number of benzene rings is 1. The molecule has 5 N–H and O–H groups in total. The molecule has 1 aromatic heterocycles. The van der Waals surface area contributed by atoms with Crippen LogP contribution in [0.1, 0.15) is 15.9 Å². The zero-order valence-corrected chi connectivity index (χ0v) is 9.84. The van der Waals surface area contributed by atoms with Crippen molar-refractivity contribution >= 4 is 23.4 Å². The second-order valence-electron chi connectivity index (χ2n) is 3.85. The Morgan fingerprint density at radius 1 is 1.28 bits per heavy atom. The predicted octanol–water partition coefficient (Wildman–Crippen LogP) is 1.21. The van der Waals surface area contributed by atoms with Gasteiger partial charge in [-0.05, 0) is 19.1 Å². The van der Waals surface area contributed by atoms with E-state index in [-0.39, 0.29) is 11.5 Å². The molecule has 0 spiro atoms. The number of hydrogen-bond acceptors (Lipinski definition) is 5. The van der Waals surface area contributed by atoms with Crippen LogP contribution in [0.3, 0.4) is 0 Å². The van der Waals surface area contributed by atoms with Crippen LogP contribution in [0.15, 0.2) is 30.5 Å². The smallest absolute Gasteiger partial charge is 0.254 e. The Bertz CT molecular complexity index is 580. The van der Waals surface area contributed by atoms with Crippen LogP contribution in [-0.4, -0.2) is 15.9 Å². The summed E-state index contributed by atoms with van der Waals surface area (Å²) in [5.41, 5.74) is 12.9. The Hall–Kier alpha value is -2.63. The predicted molar refractivity (Wildman–Crippen MR) is 69.4 cm³/mol. The summed E-state index contributed by atoms with van der Waals surface area (Å²) in [7, 11) is 0. The number of nitrogens with one attached hydrogen (secondary N) is 1. The van der Waals surface area contributed by atoms with E-state index >= 15 is 0 Å². The van der Waals surface area contributed by atoms with Crippen LogP contribution in [0.4, 0.5) is 17.5 Å². The van der Waals surface area contributed by atoms with Crippen molar-refractivity contribution in [2.45, 2.75) is 6.92 Å². The monoisotopic (exact) mass is 243 g/mol. The van der Waals surface area contributed by atoms with Crippen molar-refractivity contribution in [3.8, 4) is 0 Å². The fourth-order valence-corrected chi connectivity index (χ4v) is 1.44. The van der Waals surface area contributed by atoms with Gasteiger partial charge in [-0.3, -0.25) is 4.79 Å². The topological polar surface area (TPSA) is 107 Å². The van der Waals surface area contributed by atoms with Gasteiger partial charge >= 0.3 is 0 Å². The number of nitrogens with two attached hydrogens (primary N) is 2. The van der Waals surface area contributed by atoms with Crippen molar-refractivity contribution in [1.82, 2.24) is 9.97 Å². The first-order chi connectivity index (χ1) is 8.56. The lowest BCUT2D eigenvalue weighted by molar-refractivity contribution is 0.100. The molecule has 2 aromatic rings. The number of amides is 1. The van der Waals surface area contributed by atoms with Gasteiger partial charge in [0, 0.05) is 11.9 Å². The molecule has 1 heterocycles. The molecule has 2 rings (SSSR count). The molecular formula is C12H13N5O. The van der Waals surface area contributed by atoms with Gasteiger partial charge in [-0.15, -0.1) is 0 Å². The molecule has 0 radical (unpaired) electrons. The number of rotatable bonds is 3. The van der Waals surface area contributed by atoms with Gasteiger partial charge in [0.1, 0.15) is 11.4 Å². The van der Waals surface area contributed by atoms with Crippen molar-refractivity contribution in [2.75, 3.05) is 11.1 Å². The van der Waals surface area contributed by atoms with Gasteiger partial charge < -0.3 is 16.8 Å². The molecular weight excluding hydrogens is 230 g/mol. The number of aromatic nitrogens is 2. The van der Waals surface area contributed by atoms with E-state index in [9.17, 15) is 4.79 Å². The molecule has 0 aliphatic heterocycles. The minimum absolute atomic E-state index is 0.0783. The molecule has 6 nitrogen and oxygen atoms in total. The van der Waals surface area contributed by atoms with E-state index in [1.54, 1.807) is 0 Å². The van der Waals surface area contributed by atoms with Crippen LogP contribution in [0.2, 0.25) is 0 Å². The normalized spacial score (nSPS) is 10.1. The Morgan fingerprint density at radius 3 is 2.56 bits per heavy atom. The average molecular weight is 243 g/mol. The maximum atomic E-state index is 11.2. The Kier molecular flexibility index (Phi) is 3.09. The van der Waals surface area contributed by atoms with E-state index in [1.807, 2.05) is 31.2 Å². The first kappa shape index (κ1) is 11.8. The first-order valence-electron chi connectivity index (χ1n) is 5.32. The highest BCUT2D eigenvalue weighted by molar-refractivity contribution is 5.98. The summed E-state index contributed by atoms with van der Waals surface area (Å²) in [5.74, 6) is -0.224. The third kappa shape index (κ3) is 2.54. The summed E-state index contributed by atoms with van der Waals surface area (Å²) in [6.07, 6.45) is 1.31. The highest BCUT2D eigenvalue weighted by Crippen LogP contribution is 2.19. The van der Waals surface area contributed by atoms with E-state index < -0.39 is 5.91 Å². The third-order valence-corrected chi connectivity index (χ3v) is 2.39. The fourth-order valence-electron chi connectivity index (χ4n) is 1.44. The van der Waals surface area contributed by atoms with E-state index in [0.717, 1.165) is 11.3 Å². The Labute approximate surface area is 104 Å². The number of nitrogen functional groups attached to an aromatic ring is 1. The van der Waals surface area contributed by atoms with E-state index in [2.05, 4.69) is 15.3 Å². The van der Waals surface area contributed by atoms with Gasteiger partial charge in [0.25, 0.3) is 5.91 Å². The van der Waals surface area contributed by atoms with Crippen molar-refractivity contribution in [3.05, 3.63) is 41.6 Å². The minimum atomic E-state index is -0.607. The molecule has 6 heteroatoms. The number of primary amides is 1. The molecule has 0 saturated heterocycles. The zero-order chi connectivity index (χ0) is 13.1. The zero-order valence-electron chi connectivity index (χ0n) is 9.84. The van der Waals surface area contributed by atoms with Crippen LogP contribution >= 0.6 is 0 Å². The third-order valence-electron chi connectivity index (χ3n) is 2.39. The number of aryl methyl sites for hydroxylation is 1. The molecule has 0 saturated carbocycles. The molecule has 18 heavy (non-hydrogen) atoms. The molecule has 0 atom stereocenters. The number of carbonyl (C=O) groups excluding carboxylic acids is 1. The quantitative estimate of drug-likeness (QED) is 0.751. The largest absolute Gasteiger partial charge is 0.368 e. The summed E-state index contributed by atoms with van der Waals surface area (Å²) in [6.45, 7) is 1.99. The molecule has 1 amide bonds. The van der Waals surface area contributed by atoms with E-state index in [1.165, 1.54) is 6.20 Å². The van der Waals surface area contributed by atoms with Crippen LogP contribution in [0, 0.1) is 6.92 Å². The molecule has 0 fully saturated rings. The lowest BCUT2D eigenvalue weighted by Gasteiger charge is -2.09. The number of carbonyl (C=O) groups is 1. The Balaban J connectivity index is 2.35. The van der Waals surface area contributed by atoms with Crippen LogP contribution in [0.25, 0.3) is 0 Å². The number of nitrogens with zero attached hydrogens (tertiary/aromatic N) is 2. The number of hydrogen-bond donors (Lipinski definition) is 3. The number of anilines is 3. The highest BCUT2D eigenvalue weighted by atomic mass is 16.1. The summed E-state index contributed by atoms with van der Waals surface area (Å²) >= 11 is 0. The van der Waals surface area contributed by atoms with Crippen LogP contribution in [-0.2, 0) is 0 Å². The summed E-state index contributed by atoms with van der Waals surface area (Å²) in [4.78, 5) is 18.9. The standard InChI is InChI=1S/C12H13N5O/c1-7-2-4-8(5-3-7)16-11-9(10(13)18)6-15-12(14)17-11/h2-6H,1H3,(H2,13,18)(H3,14,15,16,17). The van der Waals surface area contributed by atoms with Gasteiger partial charge in [0.2, 0.25) is 5.95 Å². The Morgan fingerprint density at radius 2 is 1.94 bits per heavy atom. The lowest BCUT2D eigenvalue weighted by atomic mass is 10.2. The van der Waals surface area contributed by atoms with Crippen molar-refractivity contribution in [3.63, 3.8) is 0 Å². The van der Waals surface area contributed by atoms with Gasteiger partial charge in [-0.25, -0.2) is 4.98 Å². The van der Waals surface area contributed by atoms with Gasteiger partial charge in [-0.2, -0.15) is 4.98 Å². The summed E-state index contributed by atoms with van der Waals surface area (Å²) in [6, 6.07) is 7.63. The van der Waals surface area contributed by atoms with Gasteiger partial charge in [0.15, 0.2) is 0 Å². The fraction of sp³-hybridized carbons (Fsp3) is 0.0833.